The second-order valence-corrected chi connectivity index (χ2v) is 7.22. The molecule has 0 bridgehead atoms. The van der Waals surface area contributed by atoms with E-state index >= 15 is 0 Å². The van der Waals surface area contributed by atoms with E-state index in [1.807, 2.05) is 6.92 Å². The molecule has 2 aliphatic heterocycles. The maximum atomic E-state index is 12.1. The molecule has 20 heavy (non-hydrogen) atoms. The smallest absolute Gasteiger partial charge is 0.330 e. The third kappa shape index (κ3) is 2.51. The van der Waals surface area contributed by atoms with Gasteiger partial charge in [0.25, 0.3) is 5.91 Å². The standard InChI is InChI=1S/C13H18N2O4S/c1-13-5-4-11(17)15(13)9(7-20-13)12(18)19-6-10(16)14-8-2-3-8/h8-9H,2-7H2,1H3,(H,14,16)/t9-,13-/m0/s1. The van der Waals surface area contributed by atoms with Crippen LogP contribution in [0.5, 0.6) is 0 Å². The van der Waals surface area contributed by atoms with E-state index in [-0.39, 0.29) is 29.3 Å². The number of amides is 2. The summed E-state index contributed by atoms with van der Waals surface area (Å²) in [5.74, 6) is -0.183. The van der Waals surface area contributed by atoms with E-state index in [1.165, 1.54) is 0 Å². The molecule has 1 N–H and O–H groups in total. The fraction of sp³-hybridized carbons (Fsp3) is 0.769. The first kappa shape index (κ1) is 13.7. The number of ether oxygens (including phenoxy) is 1. The minimum Gasteiger partial charge on any atom is -0.454 e. The van der Waals surface area contributed by atoms with Crippen molar-refractivity contribution in [2.45, 2.75) is 49.6 Å². The topological polar surface area (TPSA) is 75.7 Å². The fourth-order valence-electron chi connectivity index (χ4n) is 2.73. The van der Waals surface area contributed by atoms with E-state index in [4.69, 9.17) is 4.74 Å². The van der Waals surface area contributed by atoms with Crippen LogP contribution in [-0.2, 0) is 19.1 Å². The van der Waals surface area contributed by atoms with E-state index < -0.39 is 12.0 Å². The average Bonchev–Trinajstić information content (AvgIpc) is 3.07. The fourth-order valence-corrected chi connectivity index (χ4v) is 4.14. The predicted octanol–water partition coefficient (Wildman–Crippen LogP) is 0.262. The molecule has 3 fully saturated rings. The summed E-state index contributed by atoms with van der Waals surface area (Å²) in [4.78, 5) is 36.8. The molecule has 7 heteroatoms. The van der Waals surface area contributed by atoms with Crippen molar-refractivity contribution >= 4 is 29.5 Å². The van der Waals surface area contributed by atoms with Crippen LogP contribution in [0.2, 0.25) is 0 Å². The van der Waals surface area contributed by atoms with Gasteiger partial charge in [-0.25, -0.2) is 4.79 Å². The van der Waals surface area contributed by atoms with Crippen LogP contribution in [0.1, 0.15) is 32.6 Å². The highest BCUT2D eigenvalue weighted by molar-refractivity contribution is 8.01. The molecule has 1 saturated carbocycles. The highest BCUT2D eigenvalue weighted by Gasteiger charge is 2.53. The van der Waals surface area contributed by atoms with Crippen LogP contribution in [-0.4, -0.2) is 52.0 Å². The van der Waals surface area contributed by atoms with Gasteiger partial charge in [-0.05, 0) is 26.2 Å². The summed E-state index contributed by atoms with van der Waals surface area (Å²) in [6.07, 6.45) is 3.25. The molecular formula is C13H18N2O4S. The molecule has 2 saturated heterocycles. The normalized spacial score (nSPS) is 32.1. The summed E-state index contributed by atoms with van der Waals surface area (Å²) in [6, 6.07) is -0.291. The molecule has 0 unspecified atom stereocenters. The van der Waals surface area contributed by atoms with Crippen molar-refractivity contribution in [1.29, 1.82) is 0 Å². The molecule has 3 aliphatic rings. The van der Waals surface area contributed by atoms with Crippen LogP contribution < -0.4 is 5.32 Å². The molecule has 2 heterocycles. The summed E-state index contributed by atoms with van der Waals surface area (Å²) in [5, 5.41) is 2.76. The monoisotopic (exact) mass is 298 g/mol. The molecule has 2 amide bonds. The van der Waals surface area contributed by atoms with Crippen LogP contribution in [0.25, 0.3) is 0 Å². The molecule has 0 spiro atoms. The van der Waals surface area contributed by atoms with Crippen LogP contribution in [0.15, 0.2) is 0 Å². The average molecular weight is 298 g/mol. The van der Waals surface area contributed by atoms with E-state index in [0.717, 1.165) is 19.3 Å². The number of nitrogens with one attached hydrogen (secondary N) is 1. The zero-order valence-electron chi connectivity index (χ0n) is 11.4. The zero-order valence-corrected chi connectivity index (χ0v) is 12.2. The summed E-state index contributed by atoms with van der Waals surface area (Å²) in [5.41, 5.74) is 0. The number of thioether (sulfide) groups is 1. The number of carbonyl (C=O) groups is 3. The zero-order chi connectivity index (χ0) is 14.3. The first-order chi connectivity index (χ1) is 9.49. The maximum Gasteiger partial charge on any atom is 0.330 e. The number of fused-ring (bicyclic) bond motifs is 1. The van der Waals surface area contributed by atoms with Gasteiger partial charge < -0.3 is 15.0 Å². The summed E-state index contributed by atoms with van der Waals surface area (Å²) in [6.45, 7) is 1.73. The van der Waals surface area contributed by atoms with Gasteiger partial charge in [-0.2, -0.15) is 0 Å². The Hall–Kier alpha value is -1.24. The van der Waals surface area contributed by atoms with Gasteiger partial charge >= 0.3 is 5.97 Å². The number of nitrogens with zero attached hydrogens (tertiary/aromatic N) is 1. The Kier molecular flexibility index (Phi) is 3.40. The third-order valence-corrected chi connectivity index (χ3v) is 5.51. The second kappa shape index (κ2) is 4.95. The minimum absolute atomic E-state index is 0.00174. The van der Waals surface area contributed by atoms with Gasteiger partial charge in [-0.3, -0.25) is 9.59 Å². The predicted molar refractivity (Wildman–Crippen MR) is 72.9 cm³/mol. The van der Waals surface area contributed by atoms with Crippen molar-refractivity contribution in [2.75, 3.05) is 12.4 Å². The van der Waals surface area contributed by atoms with Crippen LogP contribution in [0, 0.1) is 0 Å². The molecule has 0 aromatic rings. The molecule has 110 valence electrons. The number of hydrogen-bond donors (Lipinski definition) is 1. The molecule has 6 nitrogen and oxygen atoms in total. The molecule has 1 aliphatic carbocycles. The summed E-state index contributed by atoms with van der Waals surface area (Å²) < 4.78 is 5.06. The van der Waals surface area contributed by atoms with Gasteiger partial charge in [0.1, 0.15) is 6.04 Å². The van der Waals surface area contributed by atoms with E-state index in [2.05, 4.69) is 5.32 Å². The van der Waals surface area contributed by atoms with Crippen molar-refractivity contribution in [2.24, 2.45) is 0 Å². The molecule has 0 radical (unpaired) electrons. The van der Waals surface area contributed by atoms with Gasteiger partial charge in [-0.15, -0.1) is 11.8 Å². The highest BCUT2D eigenvalue weighted by Crippen LogP contribution is 2.47. The van der Waals surface area contributed by atoms with Gasteiger partial charge in [0, 0.05) is 18.2 Å². The maximum absolute atomic E-state index is 12.1. The van der Waals surface area contributed by atoms with Gasteiger partial charge in [0.2, 0.25) is 5.91 Å². The van der Waals surface area contributed by atoms with Crippen molar-refractivity contribution in [3.05, 3.63) is 0 Å². The van der Waals surface area contributed by atoms with Crippen LogP contribution in [0.3, 0.4) is 0 Å². The van der Waals surface area contributed by atoms with E-state index in [1.54, 1.807) is 16.7 Å². The molecule has 0 aromatic carbocycles. The van der Waals surface area contributed by atoms with Crippen LogP contribution >= 0.6 is 11.8 Å². The van der Waals surface area contributed by atoms with Gasteiger partial charge in [0.15, 0.2) is 6.61 Å². The first-order valence-electron chi connectivity index (χ1n) is 6.92. The Balaban J connectivity index is 1.54. The summed E-state index contributed by atoms with van der Waals surface area (Å²) >= 11 is 1.61. The number of esters is 1. The molecule has 3 rings (SSSR count). The first-order valence-corrected chi connectivity index (χ1v) is 7.90. The van der Waals surface area contributed by atoms with E-state index in [0.29, 0.717) is 12.2 Å². The van der Waals surface area contributed by atoms with Crippen molar-refractivity contribution in [3.63, 3.8) is 0 Å². The van der Waals surface area contributed by atoms with Crippen molar-refractivity contribution in [3.8, 4) is 0 Å². The van der Waals surface area contributed by atoms with Gasteiger partial charge in [-0.1, -0.05) is 0 Å². The lowest BCUT2D eigenvalue weighted by molar-refractivity contribution is -0.156. The second-order valence-electron chi connectivity index (χ2n) is 5.72. The van der Waals surface area contributed by atoms with Gasteiger partial charge in [0.05, 0.1) is 4.87 Å². The number of rotatable bonds is 4. The lowest BCUT2D eigenvalue weighted by atomic mass is 10.2. The van der Waals surface area contributed by atoms with Crippen molar-refractivity contribution in [1.82, 2.24) is 10.2 Å². The molecule has 2 atom stereocenters. The Labute approximate surface area is 121 Å². The molecule has 0 aromatic heterocycles. The lowest BCUT2D eigenvalue weighted by Gasteiger charge is -2.29. The Morgan fingerprint density at radius 2 is 2.25 bits per heavy atom. The van der Waals surface area contributed by atoms with Crippen molar-refractivity contribution < 1.29 is 19.1 Å². The van der Waals surface area contributed by atoms with Crippen LogP contribution in [0.4, 0.5) is 0 Å². The lowest BCUT2D eigenvalue weighted by Crippen LogP contribution is -2.47. The largest absolute Gasteiger partial charge is 0.454 e. The number of carbonyl (C=O) groups excluding carboxylic acids is 3. The highest BCUT2D eigenvalue weighted by atomic mass is 32.2. The third-order valence-electron chi connectivity index (χ3n) is 4.00. The van der Waals surface area contributed by atoms with E-state index in [9.17, 15) is 14.4 Å². The summed E-state index contributed by atoms with van der Waals surface area (Å²) in [7, 11) is 0. The Morgan fingerprint density at radius 1 is 1.50 bits per heavy atom. The molecular weight excluding hydrogens is 280 g/mol. The number of hydrogen-bond acceptors (Lipinski definition) is 5. The Morgan fingerprint density at radius 3 is 2.95 bits per heavy atom. The quantitative estimate of drug-likeness (QED) is 0.754. The Bertz CT molecular complexity index is 465. The SMILES string of the molecule is C[C@]12CCC(=O)N1[C@H](C(=O)OCC(=O)NC1CC1)CS2. The minimum atomic E-state index is -0.547.